The van der Waals surface area contributed by atoms with Crippen molar-refractivity contribution in [1.82, 2.24) is 89.8 Å². The van der Waals surface area contributed by atoms with Gasteiger partial charge < -0.3 is 4.74 Å². The van der Waals surface area contributed by atoms with Crippen molar-refractivity contribution in [3.8, 4) is 57.0 Å². The summed E-state index contributed by atoms with van der Waals surface area (Å²) < 4.78 is 266. The van der Waals surface area contributed by atoms with Crippen LogP contribution in [0.25, 0.3) is 57.0 Å². The van der Waals surface area contributed by atoms with Gasteiger partial charge in [0.05, 0.1) is 28.5 Å². The molecule has 2 aliphatic heterocycles. The van der Waals surface area contributed by atoms with E-state index in [4.69, 9.17) is 4.74 Å². The van der Waals surface area contributed by atoms with E-state index in [1.165, 1.54) is 77.7 Å². The normalized spacial score (nSPS) is 14.7. The van der Waals surface area contributed by atoms with Gasteiger partial charge in [0.2, 0.25) is 0 Å². The number of aromatic amines is 8. The average Bonchev–Trinajstić information content (AvgIpc) is 1.66. The molecule has 44 heteroatoms. The van der Waals surface area contributed by atoms with Crippen LogP contribution in [0, 0.1) is 29.3 Å². The van der Waals surface area contributed by atoms with Gasteiger partial charge in [-0.15, -0.1) is 0 Å². The SMILES string of the molecule is CS(=O)(=O)c1ccc(-c2[nH]n(-c3cc(C(F)(F)F)[nH]n3)c(=O)c2CCC2CCN(CC(F)(F)F)CC2)cc1.O=c1c(CCC2CCOCC2)c(-c2cccc(F)c2)[nH]n1-c1cc(C(F)(F)F)[nH]n1.O=c1c(CCc2ccc(F)cc2)c(C2CC2)[nH]n1-c1cc(C(F)(F)F)[nH]n1.O=c1c(CCc2ccncc2)c(-c2cccc(F)c2)[nH]n1-c1cc(C(F)(F)F)[nH]n1. The molecule has 1 aliphatic carbocycles. The number of halogens is 18. The van der Waals surface area contributed by atoms with Crippen molar-refractivity contribution in [2.75, 3.05) is 39.1 Å². The van der Waals surface area contributed by atoms with Crippen LogP contribution in [0.3, 0.4) is 0 Å². The number of ether oxygens (including phenoxy) is 1. The van der Waals surface area contributed by atoms with Crippen molar-refractivity contribution >= 4 is 9.84 Å². The molecule has 0 unspecified atom stereocenters. The van der Waals surface area contributed by atoms with Crippen molar-refractivity contribution in [2.45, 2.75) is 132 Å². The van der Waals surface area contributed by atoms with E-state index in [1.54, 1.807) is 48.8 Å². The van der Waals surface area contributed by atoms with Crippen LogP contribution in [0.1, 0.15) is 119 Å². The van der Waals surface area contributed by atoms with E-state index in [1.807, 2.05) is 20.4 Å². The first kappa shape index (κ1) is 90.3. The third kappa shape index (κ3) is 22.6. The second-order valence-electron chi connectivity index (χ2n) is 30.1. The maximum atomic E-state index is 13.8. The first-order valence-corrected chi connectivity index (χ1v) is 40.7. The molecule has 4 aromatic carbocycles. The number of H-pyrrole nitrogens is 8. The molecular formula is C81H76F18N18O7S. The van der Waals surface area contributed by atoms with Crippen LogP contribution in [-0.4, -0.2) is 143 Å². The highest BCUT2D eigenvalue weighted by atomic mass is 32.2. The Labute approximate surface area is 695 Å². The Balaban J connectivity index is 0.000000144. The molecule has 664 valence electrons. The smallest absolute Gasteiger partial charge is 0.381 e. The van der Waals surface area contributed by atoms with Gasteiger partial charge in [-0.05, 0) is 192 Å². The molecule has 125 heavy (non-hydrogen) atoms. The molecule has 0 radical (unpaired) electrons. The first-order chi connectivity index (χ1) is 59.1. The standard InChI is InChI=1S/C23H25F6N5O3S.C20H15F4N5O.C20H20F4N4O2.C18H16F4N4O/c1-38(36,37)16-5-3-15(4-6-16)20-17(7-2-14-8-10-33(11-9-14)13-22(24,25)26)21(35)34(32-20)19-12-18(30-31-19)23(27,28)29;21-14-3-1-2-13(10-14)18-15(5-4-12-6-8-25-9-7-12)19(30)29(28-18)17-11-16(26-27-17)20(22,23)24;21-14-3-1-2-13(10-14)18-15(5-4-12-6-8-30-9-7-12)19(29)28(27-18)17-11-16(25-26-17)20(22,23)24;19-12-6-1-10(2-7-12)3-8-13-16(11-4-5-11)25-26(17(13)27)15-9-14(23-24-15)18(20,21)22/h3-6,12,14,32H,2,7-11,13H2,1H3,(H,30,31);1-3,6-11,28H,4-5H2,(H,26,27);1-3,10-12,27H,4-9H2,(H,25,26);1-2,6-7,9,11,25H,3-5,8H2,(H,23,24). The molecule has 9 aromatic heterocycles. The summed E-state index contributed by atoms with van der Waals surface area (Å²) in [4.78, 5) is 57.5. The molecule has 1 saturated carbocycles. The average molecular weight is 1790 g/mol. The van der Waals surface area contributed by atoms with Gasteiger partial charge in [-0.1, -0.05) is 48.5 Å². The highest BCUT2D eigenvalue weighted by molar-refractivity contribution is 7.90. The van der Waals surface area contributed by atoms with Crippen molar-refractivity contribution < 1.29 is 92.2 Å². The molecule has 3 aliphatic rings. The van der Waals surface area contributed by atoms with Crippen LogP contribution in [0.2, 0.25) is 0 Å². The van der Waals surface area contributed by atoms with Gasteiger partial charge in [-0.2, -0.15) is 105 Å². The summed E-state index contributed by atoms with van der Waals surface area (Å²) in [7, 11) is -3.48. The van der Waals surface area contributed by atoms with Crippen molar-refractivity contribution in [1.29, 1.82) is 0 Å². The van der Waals surface area contributed by atoms with Crippen LogP contribution in [-0.2, 0) is 77.8 Å². The lowest BCUT2D eigenvalue weighted by Crippen LogP contribution is -2.40. The number of hydrogen-bond acceptors (Lipinski definition) is 13. The number of likely N-dealkylation sites (tertiary alicyclic amines) is 1. The number of nitrogens with zero attached hydrogens (tertiary/aromatic N) is 10. The number of nitrogens with one attached hydrogen (secondary N) is 8. The number of sulfone groups is 1. The van der Waals surface area contributed by atoms with Crippen molar-refractivity contribution in [2.24, 2.45) is 11.8 Å². The summed E-state index contributed by atoms with van der Waals surface area (Å²) in [6.07, 6.45) is -10.3. The fourth-order valence-corrected chi connectivity index (χ4v) is 15.1. The van der Waals surface area contributed by atoms with Gasteiger partial charge in [0, 0.05) is 101 Å². The number of alkyl halides is 15. The maximum absolute atomic E-state index is 13.8. The summed E-state index contributed by atoms with van der Waals surface area (Å²) in [5.74, 6) is -1.51. The zero-order valence-corrected chi connectivity index (χ0v) is 66.4. The fourth-order valence-electron chi connectivity index (χ4n) is 14.5. The zero-order chi connectivity index (χ0) is 89.7. The largest absolute Gasteiger partial charge is 0.432 e. The molecule has 11 heterocycles. The van der Waals surface area contributed by atoms with Gasteiger partial charge in [0.15, 0.2) is 33.1 Å². The number of hydrogen-bond donors (Lipinski definition) is 8. The van der Waals surface area contributed by atoms with Gasteiger partial charge >= 0.3 is 30.9 Å². The Morgan fingerprint density at radius 1 is 0.408 bits per heavy atom. The lowest BCUT2D eigenvalue weighted by molar-refractivity contribution is -0.148. The third-order valence-corrected chi connectivity index (χ3v) is 22.3. The molecular weight excluding hydrogens is 1710 g/mol. The molecule has 2 saturated heterocycles. The molecule has 8 N–H and O–H groups in total. The number of aryl methyl sites for hydroxylation is 2. The fraction of sp³-hybridized carbons (Fsp3) is 0.346. The minimum Gasteiger partial charge on any atom is -0.381 e. The van der Waals surface area contributed by atoms with E-state index in [-0.39, 0.29) is 77.3 Å². The van der Waals surface area contributed by atoms with Crippen LogP contribution >= 0.6 is 0 Å². The van der Waals surface area contributed by atoms with E-state index in [0.29, 0.717) is 121 Å². The summed E-state index contributed by atoms with van der Waals surface area (Å²) in [6, 6.07) is 29.6. The van der Waals surface area contributed by atoms with E-state index >= 15 is 0 Å². The van der Waals surface area contributed by atoms with Gasteiger partial charge in [-0.25, -0.2) is 21.6 Å². The van der Waals surface area contributed by atoms with Crippen LogP contribution in [0.15, 0.2) is 170 Å². The number of aromatic nitrogens is 17. The lowest BCUT2D eigenvalue weighted by atomic mass is 9.90. The Hall–Kier alpha value is -12.5. The Morgan fingerprint density at radius 2 is 0.784 bits per heavy atom. The van der Waals surface area contributed by atoms with Gasteiger partial charge in [0.25, 0.3) is 22.2 Å². The molecule has 0 bridgehead atoms. The topological polar surface area (TPSA) is 325 Å². The van der Waals surface area contributed by atoms with E-state index < -0.39 is 104 Å². The lowest BCUT2D eigenvalue weighted by Gasteiger charge is -2.32. The van der Waals surface area contributed by atoms with Gasteiger partial charge in [0.1, 0.15) is 40.2 Å². The molecule has 25 nitrogen and oxygen atoms in total. The predicted octanol–water partition coefficient (Wildman–Crippen LogP) is 15.9. The van der Waals surface area contributed by atoms with Crippen molar-refractivity contribution in [3.05, 3.63) is 267 Å². The summed E-state index contributed by atoms with van der Waals surface area (Å²) in [5, 5.41) is 33.4. The number of rotatable bonds is 22. The Bertz CT molecular complexity index is 6240. The highest BCUT2D eigenvalue weighted by Gasteiger charge is 2.40. The van der Waals surface area contributed by atoms with E-state index in [0.717, 1.165) is 92.1 Å². The Kier molecular flexibility index (Phi) is 26.8. The summed E-state index contributed by atoms with van der Waals surface area (Å²) >= 11 is 0. The van der Waals surface area contributed by atoms with Crippen LogP contribution < -0.4 is 22.2 Å². The minimum atomic E-state index is -4.70. The summed E-state index contributed by atoms with van der Waals surface area (Å²) in [5.41, 5.74) is -0.0244. The zero-order valence-electron chi connectivity index (χ0n) is 65.6. The third-order valence-electron chi connectivity index (χ3n) is 21.2. The molecule has 3 fully saturated rings. The minimum absolute atomic E-state index is 0.0531. The Morgan fingerprint density at radius 3 is 1.17 bits per heavy atom. The van der Waals surface area contributed by atoms with Crippen LogP contribution in [0.4, 0.5) is 79.0 Å². The monoisotopic (exact) mass is 1790 g/mol. The quantitative estimate of drug-likeness (QED) is 0.0293. The van der Waals surface area contributed by atoms with Crippen molar-refractivity contribution in [3.63, 3.8) is 0 Å². The highest BCUT2D eigenvalue weighted by Crippen LogP contribution is 2.41. The first-order valence-electron chi connectivity index (χ1n) is 38.8. The van der Waals surface area contributed by atoms with Crippen LogP contribution in [0.5, 0.6) is 0 Å². The molecule has 0 atom stereocenters. The summed E-state index contributed by atoms with van der Waals surface area (Å²) in [6.45, 7) is 0.918. The molecule has 13 aromatic rings. The maximum Gasteiger partial charge on any atom is 0.432 e. The van der Waals surface area contributed by atoms with E-state index in [9.17, 15) is 107 Å². The van der Waals surface area contributed by atoms with E-state index in [2.05, 4.69) is 45.8 Å². The number of benzene rings is 4. The number of pyridine rings is 1. The number of piperidine rings is 1. The molecule has 0 amide bonds. The van der Waals surface area contributed by atoms with Gasteiger partial charge in [-0.3, -0.25) is 69.9 Å². The molecule has 16 rings (SSSR count). The predicted molar refractivity (Wildman–Crippen MR) is 416 cm³/mol. The second-order valence-corrected chi connectivity index (χ2v) is 32.1. The second kappa shape index (κ2) is 37.1. The molecule has 0 spiro atoms.